The van der Waals surface area contributed by atoms with Crippen LogP contribution in [0.5, 0.6) is 0 Å². The zero-order valence-electron chi connectivity index (χ0n) is 9.04. The van der Waals surface area contributed by atoms with Crippen molar-refractivity contribution >= 4 is 11.0 Å². The van der Waals surface area contributed by atoms with Crippen molar-refractivity contribution in [3.8, 4) is 0 Å². The molecule has 0 radical (unpaired) electrons. The molecule has 1 aromatic heterocycles. The molecule has 0 aliphatic heterocycles. The molecule has 0 N–H and O–H groups in total. The van der Waals surface area contributed by atoms with Gasteiger partial charge in [-0.1, -0.05) is 18.6 Å². The van der Waals surface area contributed by atoms with E-state index in [9.17, 15) is 4.79 Å². The van der Waals surface area contributed by atoms with Crippen molar-refractivity contribution in [2.24, 2.45) is 0 Å². The lowest BCUT2D eigenvalue weighted by Gasteiger charge is -2.01. The largest absolute Gasteiger partial charge is 0.461 e. The summed E-state index contributed by atoms with van der Waals surface area (Å²) in [7, 11) is 0. The molecule has 0 aliphatic rings. The fourth-order valence-corrected chi connectivity index (χ4v) is 1.69. The van der Waals surface area contributed by atoms with Gasteiger partial charge in [0, 0.05) is 12.5 Å². The van der Waals surface area contributed by atoms with Gasteiger partial charge in [0.25, 0.3) is 0 Å². The van der Waals surface area contributed by atoms with Crippen LogP contribution in [0.2, 0.25) is 0 Å². The van der Waals surface area contributed by atoms with E-state index < -0.39 is 0 Å². The van der Waals surface area contributed by atoms with Crippen molar-refractivity contribution in [3.63, 3.8) is 0 Å². The number of hydrogen-bond acceptors (Lipinski definition) is 2. The minimum atomic E-state index is 0.0587. The Balaban J connectivity index is 2.67. The molecule has 0 unspecified atom stereocenters. The van der Waals surface area contributed by atoms with E-state index in [1.165, 1.54) is 0 Å². The summed E-state index contributed by atoms with van der Waals surface area (Å²) in [5.41, 5.74) is 1.83. The molecule has 15 heavy (non-hydrogen) atoms. The molecule has 0 atom stereocenters. The normalized spacial score (nSPS) is 10.8. The minimum absolute atomic E-state index is 0.0587. The summed E-state index contributed by atoms with van der Waals surface area (Å²) in [5, 5.41) is 0.676. The molecule has 0 saturated heterocycles. The van der Waals surface area contributed by atoms with Crippen LogP contribution in [0.25, 0.3) is 11.0 Å². The fraction of sp³-hybridized carbons (Fsp3) is 0.308. The van der Waals surface area contributed by atoms with Crippen LogP contribution in [-0.2, 0) is 6.42 Å². The molecule has 2 aromatic rings. The smallest absolute Gasteiger partial charge is 0.192 e. The lowest BCUT2D eigenvalue weighted by atomic mass is 10.1. The first-order valence-electron chi connectivity index (χ1n) is 5.24. The summed E-state index contributed by atoms with van der Waals surface area (Å²) in [6.07, 6.45) is 1.80. The van der Waals surface area contributed by atoms with Gasteiger partial charge in [0.15, 0.2) is 5.43 Å². The quantitative estimate of drug-likeness (QED) is 0.749. The topological polar surface area (TPSA) is 30.2 Å². The van der Waals surface area contributed by atoms with Gasteiger partial charge in [0.05, 0.1) is 5.39 Å². The molecular weight excluding hydrogens is 188 g/mol. The van der Waals surface area contributed by atoms with E-state index in [2.05, 4.69) is 6.92 Å². The average molecular weight is 202 g/mol. The third-order valence-corrected chi connectivity index (χ3v) is 2.43. The second kappa shape index (κ2) is 3.89. The molecule has 1 aromatic carbocycles. The first kappa shape index (κ1) is 9.97. The predicted octanol–water partition coefficient (Wildman–Crippen LogP) is 3.05. The first-order chi connectivity index (χ1) is 7.20. The maximum Gasteiger partial charge on any atom is 0.192 e. The molecule has 0 bridgehead atoms. The maximum absolute atomic E-state index is 11.8. The van der Waals surface area contributed by atoms with Gasteiger partial charge in [-0.15, -0.1) is 0 Å². The van der Waals surface area contributed by atoms with Gasteiger partial charge in [0.1, 0.15) is 11.3 Å². The molecule has 2 rings (SSSR count). The molecule has 2 nitrogen and oxygen atoms in total. The van der Waals surface area contributed by atoms with Gasteiger partial charge < -0.3 is 4.42 Å². The van der Waals surface area contributed by atoms with E-state index in [-0.39, 0.29) is 5.43 Å². The Hall–Kier alpha value is -1.57. The number of benzene rings is 1. The number of fused-ring (bicyclic) bond motifs is 1. The number of aryl methyl sites for hydroxylation is 2. The summed E-state index contributed by atoms with van der Waals surface area (Å²) in [4.78, 5) is 11.8. The number of hydrogen-bond donors (Lipinski definition) is 0. The number of rotatable bonds is 2. The van der Waals surface area contributed by atoms with Crippen LogP contribution < -0.4 is 5.43 Å². The van der Waals surface area contributed by atoms with Crippen LogP contribution in [0.3, 0.4) is 0 Å². The third-order valence-electron chi connectivity index (χ3n) is 2.43. The van der Waals surface area contributed by atoms with E-state index in [4.69, 9.17) is 4.42 Å². The lowest BCUT2D eigenvalue weighted by molar-refractivity contribution is 0.531. The fourth-order valence-electron chi connectivity index (χ4n) is 1.69. The minimum Gasteiger partial charge on any atom is -0.461 e. The Labute approximate surface area is 88.5 Å². The molecule has 0 saturated carbocycles. The van der Waals surface area contributed by atoms with Crippen molar-refractivity contribution in [2.75, 3.05) is 0 Å². The van der Waals surface area contributed by atoms with Gasteiger partial charge in [-0.2, -0.15) is 0 Å². The highest BCUT2D eigenvalue weighted by molar-refractivity contribution is 5.77. The monoisotopic (exact) mass is 202 g/mol. The standard InChI is InChI=1S/C13H14O2/c1-3-4-10-8-12(14)11-7-9(2)5-6-13(11)15-10/h5-8H,3-4H2,1-2H3. The van der Waals surface area contributed by atoms with Crippen LogP contribution in [0.4, 0.5) is 0 Å². The van der Waals surface area contributed by atoms with E-state index in [0.29, 0.717) is 11.0 Å². The Bertz CT molecular complexity index is 538. The van der Waals surface area contributed by atoms with Crippen LogP contribution in [-0.4, -0.2) is 0 Å². The summed E-state index contributed by atoms with van der Waals surface area (Å²) >= 11 is 0. The van der Waals surface area contributed by atoms with Crippen molar-refractivity contribution < 1.29 is 4.42 Å². The van der Waals surface area contributed by atoms with Crippen LogP contribution >= 0.6 is 0 Å². The van der Waals surface area contributed by atoms with Crippen molar-refractivity contribution in [1.82, 2.24) is 0 Å². The molecule has 0 aliphatic carbocycles. The van der Waals surface area contributed by atoms with E-state index >= 15 is 0 Å². The highest BCUT2D eigenvalue weighted by atomic mass is 16.3. The van der Waals surface area contributed by atoms with Gasteiger partial charge in [-0.25, -0.2) is 0 Å². The lowest BCUT2D eigenvalue weighted by Crippen LogP contribution is -2.02. The summed E-state index contributed by atoms with van der Waals surface area (Å²) in [6, 6.07) is 7.30. The maximum atomic E-state index is 11.8. The molecule has 2 heteroatoms. The second-order valence-electron chi connectivity index (χ2n) is 3.83. The Morgan fingerprint density at radius 1 is 1.27 bits per heavy atom. The Kier molecular flexibility index (Phi) is 2.58. The molecular formula is C13H14O2. The SMILES string of the molecule is CCCc1cc(=O)c2cc(C)ccc2o1. The zero-order chi connectivity index (χ0) is 10.8. The molecule has 0 fully saturated rings. The Morgan fingerprint density at radius 2 is 2.07 bits per heavy atom. The van der Waals surface area contributed by atoms with Gasteiger partial charge in [-0.05, 0) is 25.5 Å². The zero-order valence-corrected chi connectivity index (χ0v) is 9.04. The van der Waals surface area contributed by atoms with Crippen LogP contribution in [0, 0.1) is 6.92 Å². The van der Waals surface area contributed by atoms with E-state index in [1.807, 2.05) is 25.1 Å². The summed E-state index contributed by atoms with van der Waals surface area (Å²) < 4.78 is 5.64. The predicted molar refractivity (Wildman–Crippen MR) is 61.2 cm³/mol. The average Bonchev–Trinajstić information content (AvgIpc) is 2.20. The second-order valence-corrected chi connectivity index (χ2v) is 3.83. The van der Waals surface area contributed by atoms with E-state index in [1.54, 1.807) is 6.07 Å². The molecule has 78 valence electrons. The highest BCUT2D eigenvalue weighted by Crippen LogP contribution is 2.14. The van der Waals surface area contributed by atoms with Crippen molar-refractivity contribution in [2.45, 2.75) is 26.7 Å². The van der Waals surface area contributed by atoms with Crippen LogP contribution in [0.1, 0.15) is 24.7 Å². The third kappa shape index (κ3) is 1.94. The molecule has 0 amide bonds. The van der Waals surface area contributed by atoms with E-state index in [0.717, 1.165) is 24.2 Å². The van der Waals surface area contributed by atoms with Crippen molar-refractivity contribution in [3.05, 3.63) is 45.8 Å². The summed E-state index contributed by atoms with van der Waals surface area (Å²) in [5.74, 6) is 0.777. The molecule has 1 heterocycles. The van der Waals surface area contributed by atoms with Crippen LogP contribution in [0.15, 0.2) is 33.5 Å². The van der Waals surface area contributed by atoms with Gasteiger partial charge >= 0.3 is 0 Å². The first-order valence-corrected chi connectivity index (χ1v) is 5.24. The van der Waals surface area contributed by atoms with Gasteiger partial charge in [-0.3, -0.25) is 4.79 Å². The van der Waals surface area contributed by atoms with Gasteiger partial charge in [0.2, 0.25) is 0 Å². The molecule has 0 spiro atoms. The van der Waals surface area contributed by atoms with Crippen molar-refractivity contribution in [1.29, 1.82) is 0 Å². The summed E-state index contributed by atoms with van der Waals surface area (Å²) in [6.45, 7) is 4.04. The Morgan fingerprint density at radius 3 is 2.80 bits per heavy atom. The highest BCUT2D eigenvalue weighted by Gasteiger charge is 2.03.